The second-order valence-corrected chi connectivity index (χ2v) is 4.67. The summed E-state index contributed by atoms with van der Waals surface area (Å²) in [5.74, 6) is 1.10. The summed E-state index contributed by atoms with van der Waals surface area (Å²) < 4.78 is 0. The van der Waals surface area contributed by atoms with Gasteiger partial charge in [0.25, 0.3) is 0 Å². The van der Waals surface area contributed by atoms with Crippen LogP contribution in [0.15, 0.2) is 24.3 Å². The molecule has 0 unspecified atom stereocenters. The number of hydrogen-bond donors (Lipinski definition) is 2. The molecule has 4 heteroatoms. The predicted molar refractivity (Wildman–Crippen MR) is 78.0 cm³/mol. The SMILES string of the molecule is Cc1c[c]c(CCCNc2cc(C)nc(N)n2)cc1. The topological polar surface area (TPSA) is 63.8 Å². The maximum Gasteiger partial charge on any atom is 0.222 e. The van der Waals surface area contributed by atoms with Gasteiger partial charge in [-0.05, 0) is 38.3 Å². The lowest BCUT2D eigenvalue weighted by Crippen LogP contribution is -2.07. The first-order valence-electron chi connectivity index (χ1n) is 6.46. The molecule has 99 valence electrons. The van der Waals surface area contributed by atoms with Gasteiger partial charge in [-0.2, -0.15) is 4.98 Å². The molecule has 0 aliphatic heterocycles. The van der Waals surface area contributed by atoms with Crippen molar-refractivity contribution in [2.24, 2.45) is 0 Å². The quantitative estimate of drug-likeness (QED) is 0.806. The summed E-state index contributed by atoms with van der Waals surface area (Å²) >= 11 is 0. The third-order valence-corrected chi connectivity index (χ3v) is 2.83. The van der Waals surface area contributed by atoms with Crippen LogP contribution < -0.4 is 11.1 Å². The normalized spacial score (nSPS) is 10.4. The van der Waals surface area contributed by atoms with Gasteiger partial charge in [-0.25, -0.2) is 4.98 Å². The summed E-state index contributed by atoms with van der Waals surface area (Å²) in [6.45, 7) is 4.84. The molecular weight excluding hydrogens is 236 g/mol. The molecule has 19 heavy (non-hydrogen) atoms. The van der Waals surface area contributed by atoms with E-state index in [4.69, 9.17) is 5.73 Å². The maximum absolute atomic E-state index is 5.60. The molecule has 0 amide bonds. The van der Waals surface area contributed by atoms with Crippen LogP contribution in [0.1, 0.15) is 23.2 Å². The van der Waals surface area contributed by atoms with Gasteiger partial charge in [-0.1, -0.05) is 23.8 Å². The molecule has 0 aliphatic rings. The Balaban J connectivity index is 1.79. The summed E-state index contributed by atoms with van der Waals surface area (Å²) in [6.07, 6.45) is 2.04. The molecule has 0 aliphatic carbocycles. The van der Waals surface area contributed by atoms with E-state index >= 15 is 0 Å². The highest BCUT2D eigenvalue weighted by molar-refractivity contribution is 5.40. The van der Waals surface area contributed by atoms with E-state index in [1.54, 1.807) is 0 Å². The van der Waals surface area contributed by atoms with E-state index in [-0.39, 0.29) is 0 Å². The summed E-state index contributed by atoms with van der Waals surface area (Å²) in [4.78, 5) is 8.18. The van der Waals surface area contributed by atoms with Gasteiger partial charge in [-0.15, -0.1) is 0 Å². The number of aromatic nitrogens is 2. The van der Waals surface area contributed by atoms with Gasteiger partial charge in [0.05, 0.1) is 0 Å². The average Bonchev–Trinajstić information content (AvgIpc) is 2.36. The number of nitrogens with one attached hydrogen (secondary N) is 1. The largest absolute Gasteiger partial charge is 0.370 e. The smallest absolute Gasteiger partial charge is 0.222 e. The van der Waals surface area contributed by atoms with E-state index in [1.165, 1.54) is 11.1 Å². The van der Waals surface area contributed by atoms with Crippen LogP contribution in [-0.2, 0) is 6.42 Å². The number of aryl methyl sites for hydroxylation is 3. The molecule has 0 saturated carbocycles. The summed E-state index contributed by atoms with van der Waals surface area (Å²) in [5, 5.41) is 3.26. The Bertz CT molecular complexity index is 514. The minimum Gasteiger partial charge on any atom is -0.370 e. The van der Waals surface area contributed by atoms with Crippen molar-refractivity contribution < 1.29 is 0 Å². The van der Waals surface area contributed by atoms with Crippen molar-refractivity contribution in [1.29, 1.82) is 0 Å². The van der Waals surface area contributed by atoms with E-state index in [0.29, 0.717) is 5.95 Å². The van der Waals surface area contributed by atoms with Crippen molar-refractivity contribution in [3.63, 3.8) is 0 Å². The number of nitrogens with zero attached hydrogens (tertiary/aromatic N) is 2. The van der Waals surface area contributed by atoms with E-state index < -0.39 is 0 Å². The Morgan fingerprint density at radius 2 is 2.11 bits per heavy atom. The molecule has 0 fully saturated rings. The third-order valence-electron chi connectivity index (χ3n) is 2.83. The lowest BCUT2D eigenvalue weighted by atomic mass is 10.1. The van der Waals surface area contributed by atoms with Crippen LogP contribution in [-0.4, -0.2) is 16.5 Å². The Hall–Kier alpha value is -2.10. The minimum atomic E-state index is 0.314. The lowest BCUT2D eigenvalue weighted by Gasteiger charge is -2.07. The molecule has 0 saturated heterocycles. The number of rotatable bonds is 5. The van der Waals surface area contributed by atoms with E-state index in [2.05, 4.69) is 40.4 Å². The second kappa shape index (κ2) is 6.18. The van der Waals surface area contributed by atoms with Crippen LogP contribution >= 0.6 is 0 Å². The van der Waals surface area contributed by atoms with Crippen molar-refractivity contribution in [2.45, 2.75) is 26.7 Å². The molecule has 3 N–H and O–H groups in total. The Morgan fingerprint density at radius 3 is 2.79 bits per heavy atom. The fraction of sp³-hybridized carbons (Fsp3) is 0.333. The fourth-order valence-electron chi connectivity index (χ4n) is 1.87. The van der Waals surface area contributed by atoms with Crippen LogP contribution in [0.5, 0.6) is 0 Å². The predicted octanol–water partition coefficient (Wildman–Crippen LogP) is 2.52. The highest BCUT2D eigenvalue weighted by Gasteiger charge is 1.99. The molecule has 1 heterocycles. The van der Waals surface area contributed by atoms with E-state index in [0.717, 1.165) is 30.9 Å². The number of nitrogen functional groups attached to an aromatic ring is 1. The first-order valence-corrected chi connectivity index (χ1v) is 6.46. The van der Waals surface area contributed by atoms with Crippen molar-refractivity contribution in [1.82, 2.24) is 9.97 Å². The molecule has 1 aromatic heterocycles. The Kier molecular flexibility index (Phi) is 4.34. The summed E-state index contributed by atoms with van der Waals surface area (Å²) in [7, 11) is 0. The van der Waals surface area contributed by atoms with Gasteiger partial charge < -0.3 is 11.1 Å². The molecule has 4 nitrogen and oxygen atoms in total. The Morgan fingerprint density at radius 1 is 1.26 bits per heavy atom. The molecule has 0 atom stereocenters. The lowest BCUT2D eigenvalue weighted by molar-refractivity contribution is 0.856. The second-order valence-electron chi connectivity index (χ2n) is 4.67. The van der Waals surface area contributed by atoms with Crippen molar-refractivity contribution in [3.05, 3.63) is 47.2 Å². The van der Waals surface area contributed by atoms with Crippen LogP contribution in [0, 0.1) is 19.9 Å². The molecular formula is C15H19N4. The van der Waals surface area contributed by atoms with Crippen molar-refractivity contribution in [3.8, 4) is 0 Å². The zero-order valence-corrected chi connectivity index (χ0v) is 11.4. The van der Waals surface area contributed by atoms with Gasteiger partial charge in [-0.3, -0.25) is 0 Å². The highest BCUT2D eigenvalue weighted by atomic mass is 15.1. The average molecular weight is 255 g/mol. The third kappa shape index (κ3) is 4.25. The molecule has 2 aromatic rings. The molecule has 0 bridgehead atoms. The first-order chi connectivity index (χ1) is 9.13. The van der Waals surface area contributed by atoms with Crippen molar-refractivity contribution in [2.75, 3.05) is 17.6 Å². The number of hydrogen-bond acceptors (Lipinski definition) is 4. The van der Waals surface area contributed by atoms with Crippen LogP contribution in [0.2, 0.25) is 0 Å². The molecule has 1 radical (unpaired) electrons. The Labute approximate surface area is 114 Å². The van der Waals surface area contributed by atoms with E-state index in [9.17, 15) is 0 Å². The van der Waals surface area contributed by atoms with Gasteiger partial charge in [0.2, 0.25) is 5.95 Å². The number of nitrogens with two attached hydrogens (primary N) is 1. The fourth-order valence-corrected chi connectivity index (χ4v) is 1.87. The zero-order valence-electron chi connectivity index (χ0n) is 11.4. The zero-order chi connectivity index (χ0) is 13.7. The molecule has 1 aromatic carbocycles. The number of benzene rings is 1. The summed E-state index contributed by atoms with van der Waals surface area (Å²) in [5.41, 5.74) is 8.96. The monoisotopic (exact) mass is 255 g/mol. The van der Waals surface area contributed by atoms with Gasteiger partial charge >= 0.3 is 0 Å². The van der Waals surface area contributed by atoms with Gasteiger partial charge in [0.1, 0.15) is 5.82 Å². The molecule has 2 rings (SSSR count). The van der Waals surface area contributed by atoms with E-state index in [1.807, 2.05) is 19.1 Å². The van der Waals surface area contributed by atoms with Crippen LogP contribution in [0.4, 0.5) is 11.8 Å². The maximum atomic E-state index is 5.60. The highest BCUT2D eigenvalue weighted by Crippen LogP contribution is 2.08. The summed E-state index contributed by atoms with van der Waals surface area (Å²) in [6, 6.07) is 11.4. The standard InChI is InChI=1S/C15H19N4/c1-11-5-7-13(8-6-11)4-3-9-17-14-10-12(2)18-15(16)19-14/h5-7,10H,3-4,9H2,1-2H3,(H3,16,17,18,19). The minimum absolute atomic E-state index is 0.314. The van der Waals surface area contributed by atoms with Crippen molar-refractivity contribution >= 4 is 11.8 Å². The van der Waals surface area contributed by atoms with Gasteiger partial charge in [0.15, 0.2) is 0 Å². The van der Waals surface area contributed by atoms with Crippen LogP contribution in [0.25, 0.3) is 0 Å². The van der Waals surface area contributed by atoms with Gasteiger partial charge in [0, 0.05) is 18.3 Å². The first kappa shape index (κ1) is 13.3. The van der Waals surface area contributed by atoms with Crippen LogP contribution in [0.3, 0.4) is 0 Å². The molecule has 0 spiro atoms. The number of anilines is 2.